The largest absolute Gasteiger partial charge is 0.399 e. The van der Waals surface area contributed by atoms with Crippen molar-refractivity contribution in [1.82, 2.24) is 0 Å². The van der Waals surface area contributed by atoms with Crippen LogP contribution in [0.2, 0.25) is 0 Å². The summed E-state index contributed by atoms with van der Waals surface area (Å²) >= 11 is 0. The second kappa shape index (κ2) is 3.89. The highest BCUT2D eigenvalue weighted by atomic mass is 14.6. The lowest BCUT2D eigenvalue weighted by molar-refractivity contribution is 1.34. The second-order valence-corrected chi connectivity index (χ2v) is 4.09. The van der Waals surface area contributed by atoms with Crippen LogP contribution in [0.3, 0.4) is 0 Å². The number of aryl methyl sites for hydroxylation is 1. The Morgan fingerprint density at radius 3 is 2.38 bits per heavy atom. The SMILES string of the molecule is Cc1ccc(-c2cccc(N)c2)c(N)c1C. The number of rotatable bonds is 1. The average Bonchev–Trinajstić information content (AvgIpc) is 2.26. The van der Waals surface area contributed by atoms with Crippen molar-refractivity contribution in [1.29, 1.82) is 0 Å². The van der Waals surface area contributed by atoms with Crippen molar-refractivity contribution in [3.05, 3.63) is 47.5 Å². The molecule has 0 radical (unpaired) electrons. The van der Waals surface area contributed by atoms with Crippen LogP contribution < -0.4 is 11.5 Å². The molecule has 0 aliphatic rings. The number of anilines is 2. The summed E-state index contributed by atoms with van der Waals surface area (Å²) in [4.78, 5) is 0. The maximum atomic E-state index is 6.12. The summed E-state index contributed by atoms with van der Waals surface area (Å²) in [6, 6.07) is 11.9. The minimum atomic E-state index is 0.759. The monoisotopic (exact) mass is 212 g/mol. The van der Waals surface area contributed by atoms with Crippen LogP contribution in [0.5, 0.6) is 0 Å². The Labute approximate surface area is 95.9 Å². The van der Waals surface area contributed by atoms with Crippen molar-refractivity contribution in [3.63, 3.8) is 0 Å². The predicted octanol–water partition coefficient (Wildman–Crippen LogP) is 3.13. The number of hydrogen-bond donors (Lipinski definition) is 2. The zero-order chi connectivity index (χ0) is 11.7. The summed E-state index contributed by atoms with van der Waals surface area (Å²) in [5, 5.41) is 0. The average molecular weight is 212 g/mol. The molecule has 0 spiro atoms. The molecule has 82 valence electrons. The van der Waals surface area contributed by atoms with Crippen molar-refractivity contribution in [2.75, 3.05) is 11.5 Å². The molecule has 0 saturated heterocycles. The van der Waals surface area contributed by atoms with E-state index in [1.165, 1.54) is 5.56 Å². The van der Waals surface area contributed by atoms with Gasteiger partial charge in [-0.05, 0) is 42.7 Å². The molecular weight excluding hydrogens is 196 g/mol. The lowest BCUT2D eigenvalue weighted by Gasteiger charge is -2.11. The molecule has 2 nitrogen and oxygen atoms in total. The molecule has 0 amide bonds. The highest BCUT2D eigenvalue weighted by molar-refractivity contribution is 5.80. The Hall–Kier alpha value is -1.96. The van der Waals surface area contributed by atoms with E-state index in [2.05, 4.69) is 13.0 Å². The van der Waals surface area contributed by atoms with Crippen LogP contribution in [-0.4, -0.2) is 0 Å². The third kappa shape index (κ3) is 1.74. The van der Waals surface area contributed by atoms with E-state index in [4.69, 9.17) is 11.5 Å². The van der Waals surface area contributed by atoms with Gasteiger partial charge in [0, 0.05) is 16.9 Å². The topological polar surface area (TPSA) is 52.0 Å². The molecule has 0 fully saturated rings. The fourth-order valence-electron chi connectivity index (χ4n) is 1.80. The molecule has 2 rings (SSSR count). The second-order valence-electron chi connectivity index (χ2n) is 4.09. The Morgan fingerprint density at radius 2 is 1.69 bits per heavy atom. The first-order valence-electron chi connectivity index (χ1n) is 5.31. The van der Waals surface area contributed by atoms with E-state index in [1.54, 1.807) is 0 Å². The van der Waals surface area contributed by atoms with Crippen molar-refractivity contribution < 1.29 is 0 Å². The first-order valence-corrected chi connectivity index (χ1v) is 5.31. The van der Waals surface area contributed by atoms with Gasteiger partial charge < -0.3 is 11.5 Å². The molecule has 2 aromatic rings. The zero-order valence-electron chi connectivity index (χ0n) is 9.62. The summed E-state index contributed by atoms with van der Waals surface area (Å²) in [5.74, 6) is 0. The first kappa shape index (κ1) is 10.6. The quantitative estimate of drug-likeness (QED) is 0.713. The van der Waals surface area contributed by atoms with Gasteiger partial charge in [-0.15, -0.1) is 0 Å². The molecule has 0 aliphatic carbocycles. The molecule has 0 saturated carbocycles. The standard InChI is InChI=1S/C14H16N2/c1-9-6-7-13(14(16)10(9)2)11-4-3-5-12(15)8-11/h3-8H,15-16H2,1-2H3. The molecule has 0 atom stereocenters. The summed E-state index contributed by atoms with van der Waals surface area (Å²) < 4.78 is 0. The molecule has 0 unspecified atom stereocenters. The molecule has 16 heavy (non-hydrogen) atoms. The van der Waals surface area contributed by atoms with Crippen molar-refractivity contribution in [3.8, 4) is 11.1 Å². The van der Waals surface area contributed by atoms with Crippen molar-refractivity contribution >= 4 is 11.4 Å². The highest BCUT2D eigenvalue weighted by Crippen LogP contribution is 2.30. The minimum absolute atomic E-state index is 0.759. The maximum Gasteiger partial charge on any atom is 0.0426 e. The molecule has 2 aromatic carbocycles. The maximum absolute atomic E-state index is 6.12. The molecule has 0 aliphatic heterocycles. The molecule has 0 aromatic heterocycles. The van der Waals surface area contributed by atoms with Crippen LogP contribution in [0, 0.1) is 13.8 Å². The smallest absolute Gasteiger partial charge is 0.0426 e. The Kier molecular flexibility index (Phi) is 2.57. The van der Waals surface area contributed by atoms with Gasteiger partial charge in [-0.1, -0.05) is 24.3 Å². The van der Waals surface area contributed by atoms with Crippen LogP contribution in [-0.2, 0) is 0 Å². The van der Waals surface area contributed by atoms with E-state index in [9.17, 15) is 0 Å². The van der Waals surface area contributed by atoms with Gasteiger partial charge in [-0.2, -0.15) is 0 Å². The van der Waals surface area contributed by atoms with Gasteiger partial charge in [0.2, 0.25) is 0 Å². The first-order chi connectivity index (χ1) is 7.59. The highest BCUT2D eigenvalue weighted by Gasteiger charge is 2.06. The van der Waals surface area contributed by atoms with Gasteiger partial charge in [0.15, 0.2) is 0 Å². The van der Waals surface area contributed by atoms with Crippen LogP contribution >= 0.6 is 0 Å². The van der Waals surface area contributed by atoms with E-state index >= 15 is 0 Å². The molecule has 0 bridgehead atoms. The van der Waals surface area contributed by atoms with E-state index in [0.29, 0.717) is 0 Å². The van der Waals surface area contributed by atoms with Crippen LogP contribution in [0.25, 0.3) is 11.1 Å². The third-order valence-electron chi connectivity index (χ3n) is 2.98. The van der Waals surface area contributed by atoms with Crippen LogP contribution in [0.15, 0.2) is 36.4 Å². The normalized spacial score (nSPS) is 10.4. The summed E-state index contributed by atoms with van der Waals surface area (Å²) in [6.45, 7) is 4.11. The third-order valence-corrected chi connectivity index (χ3v) is 2.98. The van der Waals surface area contributed by atoms with E-state index in [1.807, 2.05) is 37.3 Å². The number of nitrogens with two attached hydrogens (primary N) is 2. The van der Waals surface area contributed by atoms with Gasteiger partial charge in [0.1, 0.15) is 0 Å². The van der Waals surface area contributed by atoms with Gasteiger partial charge in [-0.25, -0.2) is 0 Å². The van der Waals surface area contributed by atoms with Crippen LogP contribution in [0.4, 0.5) is 11.4 Å². The lowest BCUT2D eigenvalue weighted by Crippen LogP contribution is -1.96. The van der Waals surface area contributed by atoms with Gasteiger partial charge >= 0.3 is 0 Å². The Bertz CT molecular complexity index is 530. The fourth-order valence-corrected chi connectivity index (χ4v) is 1.80. The minimum Gasteiger partial charge on any atom is -0.399 e. The Morgan fingerprint density at radius 1 is 0.938 bits per heavy atom. The number of nitrogen functional groups attached to an aromatic ring is 2. The Balaban J connectivity index is 2.61. The predicted molar refractivity (Wildman–Crippen MR) is 70.2 cm³/mol. The van der Waals surface area contributed by atoms with E-state index < -0.39 is 0 Å². The zero-order valence-corrected chi connectivity index (χ0v) is 9.62. The van der Waals surface area contributed by atoms with Gasteiger partial charge in [0.25, 0.3) is 0 Å². The summed E-state index contributed by atoms with van der Waals surface area (Å²) in [5.41, 5.74) is 18.0. The van der Waals surface area contributed by atoms with Crippen molar-refractivity contribution in [2.45, 2.75) is 13.8 Å². The molecular formula is C14H16N2. The summed E-state index contributed by atoms with van der Waals surface area (Å²) in [7, 11) is 0. The molecule has 0 heterocycles. The van der Waals surface area contributed by atoms with Crippen molar-refractivity contribution in [2.24, 2.45) is 0 Å². The van der Waals surface area contributed by atoms with Gasteiger partial charge in [-0.3, -0.25) is 0 Å². The lowest BCUT2D eigenvalue weighted by atomic mass is 9.97. The fraction of sp³-hybridized carbons (Fsp3) is 0.143. The van der Waals surface area contributed by atoms with Crippen LogP contribution in [0.1, 0.15) is 11.1 Å². The number of hydrogen-bond acceptors (Lipinski definition) is 2. The van der Waals surface area contributed by atoms with E-state index in [0.717, 1.165) is 28.1 Å². The summed E-state index contributed by atoms with van der Waals surface area (Å²) in [6.07, 6.45) is 0. The molecule has 4 N–H and O–H groups in total. The van der Waals surface area contributed by atoms with Gasteiger partial charge in [0.05, 0.1) is 0 Å². The van der Waals surface area contributed by atoms with E-state index in [-0.39, 0.29) is 0 Å². The number of benzene rings is 2. The molecule has 2 heteroatoms.